The fourth-order valence-electron chi connectivity index (χ4n) is 1.71. The number of benzene rings is 1. The van der Waals surface area contributed by atoms with Gasteiger partial charge in [0, 0.05) is 11.6 Å². The first kappa shape index (κ1) is 13.0. The highest BCUT2D eigenvalue weighted by Gasteiger charge is 2.19. The van der Waals surface area contributed by atoms with Crippen molar-refractivity contribution in [2.45, 2.75) is 18.7 Å². The van der Waals surface area contributed by atoms with Gasteiger partial charge in [0.05, 0.1) is 16.0 Å². The zero-order valence-corrected chi connectivity index (χ0v) is 11.9. The van der Waals surface area contributed by atoms with Crippen molar-refractivity contribution in [2.24, 2.45) is 5.92 Å². The molecule has 0 saturated heterocycles. The second-order valence-corrected chi connectivity index (χ2v) is 5.50. The Hall–Kier alpha value is -1.42. The lowest BCUT2D eigenvalue weighted by molar-refractivity contribution is -0.116. The summed E-state index contributed by atoms with van der Waals surface area (Å²) in [5.41, 5.74) is 1.57. The first-order valence-electron chi connectivity index (χ1n) is 5.88. The molecule has 94 valence electrons. The molecular weight excluding hydrogens is 292 g/mol. The van der Waals surface area contributed by atoms with Crippen LogP contribution in [0, 0.1) is 5.92 Å². The minimum Gasteiger partial charge on any atom is -0.323 e. The summed E-state index contributed by atoms with van der Waals surface area (Å²) in [4.78, 5) is 16.1. The Morgan fingerprint density at radius 3 is 2.72 bits per heavy atom. The van der Waals surface area contributed by atoms with Crippen LogP contribution in [-0.4, -0.2) is 15.7 Å². The van der Waals surface area contributed by atoms with Crippen LogP contribution in [0.2, 0.25) is 0 Å². The van der Waals surface area contributed by atoms with Gasteiger partial charge in [0.15, 0.2) is 0 Å². The van der Waals surface area contributed by atoms with E-state index in [2.05, 4.69) is 26.2 Å². The first-order chi connectivity index (χ1) is 8.59. The van der Waals surface area contributed by atoms with Gasteiger partial charge in [-0.15, -0.1) is 0 Å². The summed E-state index contributed by atoms with van der Waals surface area (Å²) in [5.74, 6) is 0.205. The van der Waals surface area contributed by atoms with Gasteiger partial charge in [0.2, 0.25) is 5.91 Å². The monoisotopic (exact) mass is 306 g/mol. The van der Waals surface area contributed by atoms with Gasteiger partial charge in [-0.3, -0.25) is 9.78 Å². The quantitative estimate of drug-likeness (QED) is 0.881. The zero-order valence-electron chi connectivity index (χ0n) is 10.4. The average Bonchev–Trinajstić information content (AvgIpc) is 2.38. The van der Waals surface area contributed by atoms with Gasteiger partial charge < -0.3 is 5.32 Å². The van der Waals surface area contributed by atoms with Crippen molar-refractivity contribution in [3.05, 3.63) is 36.5 Å². The lowest BCUT2D eigenvalue weighted by Crippen LogP contribution is -2.27. The van der Waals surface area contributed by atoms with E-state index >= 15 is 0 Å². The van der Waals surface area contributed by atoms with Crippen LogP contribution in [0.5, 0.6) is 0 Å². The molecule has 2 aromatic rings. The summed E-state index contributed by atoms with van der Waals surface area (Å²) in [5, 5.41) is 3.94. The number of carbonyl (C=O) groups is 1. The maximum absolute atomic E-state index is 12.0. The molecule has 1 heterocycles. The van der Waals surface area contributed by atoms with Crippen LogP contribution in [0.15, 0.2) is 36.5 Å². The molecule has 0 bridgehead atoms. The Kier molecular flexibility index (Phi) is 3.97. The molecule has 1 N–H and O–H groups in total. The van der Waals surface area contributed by atoms with E-state index in [0.717, 1.165) is 16.6 Å². The summed E-state index contributed by atoms with van der Waals surface area (Å²) in [6.45, 7) is 4.00. The number of anilines is 1. The normalized spacial score (nSPS) is 12.7. The lowest BCUT2D eigenvalue weighted by Gasteiger charge is -2.14. The van der Waals surface area contributed by atoms with E-state index in [9.17, 15) is 4.79 Å². The van der Waals surface area contributed by atoms with Crippen molar-refractivity contribution < 1.29 is 4.79 Å². The predicted molar refractivity (Wildman–Crippen MR) is 77.9 cm³/mol. The topological polar surface area (TPSA) is 42.0 Å². The number of rotatable bonds is 3. The number of alkyl halides is 1. The third-order valence-electron chi connectivity index (χ3n) is 2.73. The fourth-order valence-corrected chi connectivity index (χ4v) is 1.82. The van der Waals surface area contributed by atoms with E-state index in [1.165, 1.54) is 0 Å². The molecule has 0 radical (unpaired) electrons. The molecule has 0 fully saturated rings. The van der Waals surface area contributed by atoms with Gasteiger partial charge in [-0.1, -0.05) is 48.0 Å². The molecule has 4 heteroatoms. The van der Waals surface area contributed by atoms with Gasteiger partial charge in [-0.25, -0.2) is 0 Å². The third-order valence-corrected chi connectivity index (χ3v) is 4.20. The van der Waals surface area contributed by atoms with Crippen LogP contribution in [0.1, 0.15) is 13.8 Å². The van der Waals surface area contributed by atoms with E-state index < -0.39 is 0 Å². The average molecular weight is 307 g/mol. The van der Waals surface area contributed by atoms with Crippen LogP contribution in [0.4, 0.5) is 5.69 Å². The van der Waals surface area contributed by atoms with Crippen molar-refractivity contribution in [1.29, 1.82) is 0 Å². The van der Waals surface area contributed by atoms with Gasteiger partial charge in [0.25, 0.3) is 0 Å². The number of nitrogens with one attached hydrogen (secondary N) is 1. The molecule has 1 aromatic heterocycles. The molecule has 0 spiro atoms. The first-order valence-corrected chi connectivity index (χ1v) is 6.80. The second-order valence-electron chi connectivity index (χ2n) is 4.52. The Labute approximate surface area is 115 Å². The molecule has 0 aliphatic rings. The molecule has 3 nitrogen and oxygen atoms in total. The number of aromatic nitrogens is 1. The minimum atomic E-state index is -0.198. The van der Waals surface area contributed by atoms with Crippen LogP contribution >= 0.6 is 15.9 Å². The lowest BCUT2D eigenvalue weighted by atomic mass is 10.1. The van der Waals surface area contributed by atoms with Crippen LogP contribution in [0.3, 0.4) is 0 Å². The summed E-state index contributed by atoms with van der Waals surface area (Å²) in [6.07, 6.45) is 1.73. The van der Waals surface area contributed by atoms with E-state index in [-0.39, 0.29) is 16.7 Å². The second kappa shape index (κ2) is 5.48. The summed E-state index contributed by atoms with van der Waals surface area (Å²) in [6, 6.07) is 9.62. The molecule has 0 aliphatic heterocycles. The Balaban J connectivity index is 2.30. The highest BCUT2D eigenvalue weighted by Crippen LogP contribution is 2.22. The third kappa shape index (κ3) is 2.70. The van der Waals surface area contributed by atoms with Crippen molar-refractivity contribution in [3.63, 3.8) is 0 Å². The summed E-state index contributed by atoms with van der Waals surface area (Å²) >= 11 is 3.40. The maximum Gasteiger partial charge on any atom is 0.238 e. The molecule has 0 aliphatic carbocycles. The number of pyridine rings is 1. The van der Waals surface area contributed by atoms with E-state index in [1.807, 2.05) is 44.2 Å². The van der Waals surface area contributed by atoms with Crippen LogP contribution in [-0.2, 0) is 4.79 Å². The highest BCUT2D eigenvalue weighted by molar-refractivity contribution is 9.10. The number of hydrogen-bond acceptors (Lipinski definition) is 2. The molecule has 1 aromatic carbocycles. The number of halogens is 1. The Morgan fingerprint density at radius 1 is 1.28 bits per heavy atom. The highest BCUT2D eigenvalue weighted by atomic mass is 79.9. The maximum atomic E-state index is 12.0. The standard InChI is InChI=1S/C14H15BrN2O/c1-9(2)12(15)14(18)17-11-7-3-5-10-6-4-8-16-13(10)11/h3-9,12H,1-2H3,(H,17,18). The largest absolute Gasteiger partial charge is 0.323 e. The van der Waals surface area contributed by atoms with E-state index in [0.29, 0.717) is 0 Å². The molecule has 2 rings (SSSR count). The smallest absolute Gasteiger partial charge is 0.238 e. The van der Waals surface area contributed by atoms with Gasteiger partial charge in [0.1, 0.15) is 0 Å². The Morgan fingerprint density at radius 2 is 2.00 bits per heavy atom. The number of hydrogen-bond donors (Lipinski definition) is 1. The van der Waals surface area contributed by atoms with Crippen LogP contribution in [0.25, 0.3) is 10.9 Å². The molecular formula is C14H15BrN2O. The molecule has 0 saturated carbocycles. The van der Waals surface area contributed by atoms with Crippen molar-refractivity contribution in [2.75, 3.05) is 5.32 Å². The van der Waals surface area contributed by atoms with E-state index in [1.54, 1.807) is 6.20 Å². The van der Waals surface area contributed by atoms with E-state index in [4.69, 9.17) is 0 Å². The molecule has 1 amide bonds. The van der Waals surface area contributed by atoms with Gasteiger partial charge in [-0.05, 0) is 18.1 Å². The summed E-state index contributed by atoms with van der Waals surface area (Å²) < 4.78 is 0. The minimum absolute atomic E-state index is 0.0387. The Bertz CT molecular complexity index is 563. The van der Waals surface area contributed by atoms with Crippen LogP contribution < -0.4 is 5.32 Å². The van der Waals surface area contributed by atoms with Gasteiger partial charge in [-0.2, -0.15) is 0 Å². The van der Waals surface area contributed by atoms with Crippen molar-refractivity contribution in [3.8, 4) is 0 Å². The predicted octanol–water partition coefficient (Wildman–Crippen LogP) is 3.59. The molecule has 1 unspecified atom stereocenters. The number of fused-ring (bicyclic) bond motifs is 1. The molecule has 18 heavy (non-hydrogen) atoms. The molecule has 1 atom stereocenters. The SMILES string of the molecule is CC(C)C(Br)C(=O)Nc1cccc2cccnc12. The fraction of sp³-hybridized carbons (Fsp3) is 0.286. The summed E-state index contributed by atoms with van der Waals surface area (Å²) in [7, 11) is 0. The van der Waals surface area contributed by atoms with Crippen molar-refractivity contribution in [1.82, 2.24) is 4.98 Å². The zero-order chi connectivity index (χ0) is 13.1. The van der Waals surface area contributed by atoms with Gasteiger partial charge >= 0.3 is 0 Å². The number of para-hydroxylation sites is 1. The number of carbonyl (C=O) groups excluding carboxylic acids is 1. The number of nitrogens with zero attached hydrogens (tertiary/aromatic N) is 1. The van der Waals surface area contributed by atoms with Crippen molar-refractivity contribution >= 4 is 38.4 Å². The number of amides is 1.